The van der Waals surface area contributed by atoms with Crippen LogP contribution in [0.1, 0.15) is 79.6 Å². The number of aliphatic hydroxyl groups is 1. The molecule has 0 amide bonds. The molecule has 4 rings (SSSR count). The van der Waals surface area contributed by atoms with E-state index in [-0.39, 0.29) is 22.5 Å². The molecule has 3 aliphatic carbocycles. The summed E-state index contributed by atoms with van der Waals surface area (Å²) < 4.78 is 9.17. The quantitative estimate of drug-likeness (QED) is 0.345. The first-order valence-corrected chi connectivity index (χ1v) is 16.7. The van der Waals surface area contributed by atoms with Crippen LogP contribution < -0.4 is 0 Å². The normalized spacial score (nSPS) is 39.3. The molecule has 3 saturated carbocycles. The Morgan fingerprint density at radius 3 is 2.53 bits per heavy atom. The minimum Gasteiger partial charge on any atom is -0.414 e. The van der Waals surface area contributed by atoms with E-state index in [2.05, 4.69) is 70.0 Å². The lowest BCUT2D eigenvalue weighted by molar-refractivity contribution is -0.0955. The molecular weight excluding hydrogens is 436 g/mol. The molecule has 7 atom stereocenters. The first-order valence-electron chi connectivity index (χ1n) is 13.7. The predicted molar refractivity (Wildman–Crippen MR) is 143 cm³/mol. The Balaban J connectivity index is 1.59. The van der Waals surface area contributed by atoms with Crippen molar-refractivity contribution in [2.75, 3.05) is 6.61 Å². The highest BCUT2D eigenvalue weighted by Crippen LogP contribution is 2.64. The zero-order valence-electron chi connectivity index (χ0n) is 22.9. The highest BCUT2D eigenvalue weighted by molar-refractivity contribution is 6.74. The number of allylic oxidation sites excluding steroid dienone is 1. The fraction of sp³-hybridized carbons (Fsp3) is 0.828. The van der Waals surface area contributed by atoms with Gasteiger partial charge in [-0.2, -0.15) is 0 Å². The maximum atomic E-state index is 10.7. The van der Waals surface area contributed by atoms with Crippen LogP contribution in [0, 0.1) is 34.5 Å². The van der Waals surface area contributed by atoms with Crippen molar-refractivity contribution in [1.29, 1.82) is 0 Å². The van der Waals surface area contributed by atoms with Gasteiger partial charge < -0.3 is 14.1 Å². The molecule has 1 heterocycles. The van der Waals surface area contributed by atoms with Gasteiger partial charge >= 0.3 is 0 Å². The molecule has 3 aliphatic rings. The van der Waals surface area contributed by atoms with Crippen LogP contribution in [0.5, 0.6) is 0 Å². The lowest BCUT2D eigenvalue weighted by Crippen LogP contribution is -2.53. The van der Waals surface area contributed by atoms with E-state index in [0.717, 1.165) is 25.8 Å². The minimum atomic E-state index is -1.81. The van der Waals surface area contributed by atoms with Gasteiger partial charge in [0.2, 0.25) is 0 Å². The van der Waals surface area contributed by atoms with E-state index in [1.807, 2.05) is 12.5 Å². The summed E-state index contributed by atoms with van der Waals surface area (Å²) in [6.45, 7) is 22.5. The van der Waals surface area contributed by atoms with Crippen LogP contribution in [0.15, 0.2) is 30.9 Å². The second kappa shape index (κ2) is 9.19. The minimum absolute atomic E-state index is 0.151. The Morgan fingerprint density at radius 1 is 1.18 bits per heavy atom. The standard InChI is InChI=1S/C29H50N2O2Si/c1-21-9-10-25-24(18-31-16-15-30-20-31)26(12-14-28(21,25)5)29(6)13-11-23(17-22(29)19-32)33-34(7,8)27(2,3)4/h15-16,20,22-26,32H,1,9-14,17-19H2,2-8H3/t22-,23+,24+,25?,26?,28-,29+/m1/s1. The van der Waals surface area contributed by atoms with Gasteiger partial charge in [-0.1, -0.05) is 46.8 Å². The molecule has 4 nitrogen and oxygen atoms in total. The highest BCUT2D eigenvalue weighted by atomic mass is 28.4. The van der Waals surface area contributed by atoms with E-state index >= 15 is 0 Å². The Bertz CT molecular complexity index is 860. The van der Waals surface area contributed by atoms with Gasteiger partial charge in [0.1, 0.15) is 0 Å². The fourth-order valence-electron chi connectivity index (χ4n) is 7.76. The van der Waals surface area contributed by atoms with Crippen molar-refractivity contribution in [1.82, 2.24) is 9.55 Å². The molecule has 0 radical (unpaired) electrons. The first kappa shape index (κ1) is 26.2. The van der Waals surface area contributed by atoms with Crippen molar-refractivity contribution in [2.45, 2.75) is 110 Å². The molecular formula is C29H50N2O2Si. The average Bonchev–Trinajstić information content (AvgIpc) is 3.37. The summed E-state index contributed by atoms with van der Waals surface area (Å²) >= 11 is 0. The lowest BCUT2D eigenvalue weighted by atomic mass is 9.49. The van der Waals surface area contributed by atoms with E-state index in [0.29, 0.717) is 29.8 Å². The van der Waals surface area contributed by atoms with Gasteiger partial charge in [0, 0.05) is 31.6 Å². The second-order valence-corrected chi connectivity index (χ2v) is 18.7. The Labute approximate surface area is 209 Å². The number of fused-ring (bicyclic) bond motifs is 1. The molecule has 1 N–H and O–H groups in total. The van der Waals surface area contributed by atoms with Gasteiger partial charge in [-0.3, -0.25) is 0 Å². The molecule has 0 saturated heterocycles. The van der Waals surface area contributed by atoms with Gasteiger partial charge in [0.15, 0.2) is 8.32 Å². The number of aromatic nitrogens is 2. The average molecular weight is 487 g/mol. The Hall–Kier alpha value is -0.913. The van der Waals surface area contributed by atoms with Crippen molar-refractivity contribution in [3.8, 4) is 0 Å². The van der Waals surface area contributed by atoms with Gasteiger partial charge in [0.25, 0.3) is 0 Å². The largest absolute Gasteiger partial charge is 0.414 e. The molecule has 0 spiro atoms. The maximum absolute atomic E-state index is 10.7. The van der Waals surface area contributed by atoms with E-state index in [1.165, 1.54) is 31.3 Å². The Morgan fingerprint density at radius 2 is 1.91 bits per heavy atom. The van der Waals surface area contributed by atoms with Crippen molar-refractivity contribution in [3.63, 3.8) is 0 Å². The van der Waals surface area contributed by atoms with Crippen molar-refractivity contribution in [3.05, 3.63) is 30.9 Å². The molecule has 0 bridgehead atoms. The third-order valence-electron chi connectivity index (χ3n) is 11.2. The zero-order valence-corrected chi connectivity index (χ0v) is 23.9. The van der Waals surface area contributed by atoms with Gasteiger partial charge in [0.05, 0.1) is 6.33 Å². The SMILES string of the molecule is C=C1CCC2[C@H](Cn3ccnc3)C([C@@]3(C)CC[C@H](O[Si](C)(C)C(C)(C)C)C[C@@H]3CO)CC[C@]12C. The van der Waals surface area contributed by atoms with E-state index in [1.54, 1.807) is 0 Å². The molecule has 0 aromatic carbocycles. The molecule has 34 heavy (non-hydrogen) atoms. The van der Waals surface area contributed by atoms with Crippen LogP contribution in [0.4, 0.5) is 0 Å². The Kier molecular flexibility index (Phi) is 7.07. The zero-order chi connectivity index (χ0) is 24.9. The van der Waals surface area contributed by atoms with E-state index in [9.17, 15) is 5.11 Å². The van der Waals surface area contributed by atoms with Gasteiger partial charge in [-0.15, -0.1) is 0 Å². The summed E-state index contributed by atoms with van der Waals surface area (Å²) in [5.74, 6) is 2.20. The molecule has 192 valence electrons. The topological polar surface area (TPSA) is 47.3 Å². The van der Waals surface area contributed by atoms with Crippen molar-refractivity contribution in [2.24, 2.45) is 34.5 Å². The summed E-state index contributed by atoms with van der Waals surface area (Å²) in [6, 6.07) is 0. The lowest BCUT2D eigenvalue weighted by Gasteiger charge is -2.57. The maximum Gasteiger partial charge on any atom is 0.192 e. The van der Waals surface area contributed by atoms with Crippen molar-refractivity contribution < 1.29 is 9.53 Å². The summed E-state index contributed by atoms with van der Waals surface area (Å²) in [5.41, 5.74) is 1.90. The van der Waals surface area contributed by atoms with E-state index in [4.69, 9.17) is 4.43 Å². The number of imidazole rings is 1. The van der Waals surface area contributed by atoms with Gasteiger partial charge in [-0.25, -0.2) is 4.98 Å². The smallest absolute Gasteiger partial charge is 0.192 e. The van der Waals surface area contributed by atoms with Crippen molar-refractivity contribution >= 4 is 8.32 Å². The van der Waals surface area contributed by atoms with Crippen LogP contribution in [0.25, 0.3) is 0 Å². The summed E-state index contributed by atoms with van der Waals surface area (Å²) in [4.78, 5) is 4.35. The number of rotatable bonds is 6. The number of hydrogen-bond acceptors (Lipinski definition) is 3. The summed E-state index contributed by atoms with van der Waals surface area (Å²) in [5, 5.41) is 10.9. The third kappa shape index (κ3) is 4.50. The highest BCUT2D eigenvalue weighted by Gasteiger charge is 2.57. The van der Waals surface area contributed by atoms with Crippen LogP contribution in [0.3, 0.4) is 0 Å². The first-order chi connectivity index (χ1) is 15.8. The molecule has 0 aliphatic heterocycles. The number of aliphatic hydroxyl groups excluding tert-OH is 1. The second-order valence-electron chi connectivity index (χ2n) is 13.9. The van der Waals surface area contributed by atoms with Crippen LogP contribution in [0.2, 0.25) is 18.1 Å². The number of hydrogen-bond donors (Lipinski definition) is 1. The molecule has 1 aromatic rings. The van der Waals surface area contributed by atoms with Gasteiger partial charge in [-0.05, 0) is 97.6 Å². The summed E-state index contributed by atoms with van der Waals surface area (Å²) in [7, 11) is -1.81. The number of nitrogens with zero attached hydrogens (tertiary/aromatic N) is 2. The monoisotopic (exact) mass is 486 g/mol. The van der Waals surface area contributed by atoms with Crippen LogP contribution in [-0.4, -0.2) is 35.7 Å². The molecule has 3 fully saturated rings. The molecule has 5 heteroatoms. The third-order valence-corrected chi connectivity index (χ3v) is 15.7. The summed E-state index contributed by atoms with van der Waals surface area (Å²) in [6.07, 6.45) is 14.5. The fourth-order valence-corrected chi connectivity index (χ4v) is 9.16. The van der Waals surface area contributed by atoms with Crippen LogP contribution >= 0.6 is 0 Å². The van der Waals surface area contributed by atoms with Crippen LogP contribution in [-0.2, 0) is 11.0 Å². The van der Waals surface area contributed by atoms with E-state index < -0.39 is 8.32 Å². The molecule has 2 unspecified atom stereocenters. The molecule has 1 aromatic heterocycles. The predicted octanol–water partition coefficient (Wildman–Crippen LogP) is 7.07.